The average Bonchev–Trinajstić information content (AvgIpc) is 2.98. The number of amides is 1. The van der Waals surface area contributed by atoms with Gasteiger partial charge in [0.1, 0.15) is 17.3 Å². The minimum Gasteiger partial charge on any atom is -0.450 e. The van der Waals surface area contributed by atoms with Gasteiger partial charge in [-0.2, -0.15) is 0 Å². The van der Waals surface area contributed by atoms with Gasteiger partial charge >= 0.3 is 0 Å². The zero-order chi connectivity index (χ0) is 13.2. The molecule has 4 nitrogen and oxygen atoms in total. The number of aliphatic imine (C=N–C) groups is 1. The first-order valence-corrected chi connectivity index (χ1v) is 6.44. The average molecular weight is 317 g/mol. The molecule has 3 rings (SSSR count). The van der Waals surface area contributed by atoms with Gasteiger partial charge in [0.25, 0.3) is 5.91 Å². The number of nitrogens with one attached hydrogen (secondary N) is 1. The Morgan fingerprint density at radius 3 is 2.63 bits per heavy atom. The SMILES string of the molecule is O=C1NC(c2ccccc2)=N/C1=C\c1ccc(Br)o1. The number of halogens is 1. The lowest BCUT2D eigenvalue weighted by atomic mass is 10.2. The predicted molar refractivity (Wildman–Crippen MR) is 75.5 cm³/mol. The van der Waals surface area contributed by atoms with Crippen LogP contribution in [0.2, 0.25) is 0 Å². The summed E-state index contributed by atoms with van der Waals surface area (Å²) in [5.41, 5.74) is 1.21. The summed E-state index contributed by atoms with van der Waals surface area (Å²) in [6.45, 7) is 0. The third-order valence-electron chi connectivity index (χ3n) is 2.62. The van der Waals surface area contributed by atoms with Crippen LogP contribution in [0, 0.1) is 0 Å². The third-order valence-corrected chi connectivity index (χ3v) is 3.04. The Kier molecular flexibility index (Phi) is 3.05. The highest BCUT2D eigenvalue weighted by Crippen LogP contribution is 2.19. The fourth-order valence-corrected chi connectivity index (χ4v) is 2.06. The lowest BCUT2D eigenvalue weighted by molar-refractivity contribution is -0.115. The van der Waals surface area contributed by atoms with E-state index in [1.54, 1.807) is 18.2 Å². The summed E-state index contributed by atoms with van der Waals surface area (Å²) in [6, 6.07) is 13.0. The molecular weight excluding hydrogens is 308 g/mol. The van der Waals surface area contributed by atoms with Crippen molar-refractivity contribution in [3.8, 4) is 0 Å². The summed E-state index contributed by atoms with van der Waals surface area (Å²) in [4.78, 5) is 16.1. The second kappa shape index (κ2) is 4.85. The molecule has 0 saturated heterocycles. The Morgan fingerprint density at radius 2 is 1.95 bits per heavy atom. The van der Waals surface area contributed by atoms with Crippen LogP contribution in [0.25, 0.3) is 6.08 Å². The van der Waals surface area contributed by atoms with Crippen LogP contribution in [0.4, 0.5) is 0 Å². The molecule has 1 aromatic heterocycles. The number of amidine groups is 1. The van der Waals surface area contributed by atoms with Gasteiger partial charge in [0.05, 0.1) is 0 Å². The Balaban J connectivity index is 1.94. The minimum atomic E-state index is -0.230. The summed E-state index contributed by atoms with van der Waals surface area (Å²) in [5, 5.41) is 2.74. The van der Waals surface area contributed by atoms with Crippen molar-refractivity contribution in [2.75, 3.05) is 0 Å². The molecule has 2 heterocycles. The van der Waals surface area contributed by atoms with Crippen LogP contribution in [-0.4, -0.2) is 11.7 Å². The molecule has 0 bridgehead atoms. The highest BCUT2D eigenvalue weighted by atomic mass is 79.9. The van der Waals surface area contributed by atoms with E-state index >= 15 is 0 Å². The van der Waals surface area contributed by atoms with Crippen molar-refractivity contribution in [3.63, 3.8) is 0 Å². The predicted octanol–water partition coefficient (Wildman–Crippen LogP) is 2.96. The largest absolute Gasteiger partial charge is 0.450 e. The number of nitrogens with zero attached hydrogens (tertiary/aromatic N) is 1. The monoisotopic (exact) mass is 316 g/mol. The van der Waals surface area contributed by atoms with E-state index in [-0.39, 0.29) is 5.91 Å². The molecule has 1 aromatic carbocycles. The second-order valence-electron chi connectivity index (χ2n) is 3.95. The first-order chi connectivity index (χ1) is 9.22. The fraction of sp³-hybridized carbons (Fsp3) is 0. The number of carbonyl (C=O) groups excluding carboxylic acids is 1. The first kappa shape index (κ1) is 11.9. The van der Waals surface area contributed by atoms with E-state index < -0.39 is 0 Å². The molecule has 2 aromatic rings. The maximum Gasteiger partial charge on any atom is 0.275 e. The van der Waals surface area contributed by atoms with Crippen LogP contribution in [0.15, 0.2) is 62.2 Å². The van der Waals surface area contributed by atoms with Crippen molar-refractivity contribution < 1.29 is 9.21 Å². The van der Waals surface area contributed by atoms with Gasteiger partial charge in [-0.1, -0.05) is 30.3 Å². The zero-order valence-corrected chi connectivity index (χ0v) is 11.3. The molecule has 1 amide bonds. The minimum absolute atomic E-state index is 0.230. The van der Waals surface area contributed by atoms with E-state index in [4.69, 9.17) is 4.42 Å². The molecule has 5 heteroatoms. The maximum absolute atomic E-state index is 11.8. The van der Waals surface area contributed by atoms with Crippen LogP contribution >= 0.6 is 15.9 Å². The van der Waals surface area contributed by atoms with Crippen molar-refractivity contribution in [2.45, 2.75) is 0 Å². The van der Waals surface area contributed by atoms with Crippen molar-refractivity contribution in [1.29, 1.82) is 0 Å². The summed E-state index contributed by atoms with van der Waals surface area (Å²) < 4.78 is 5.94. The zero-order valence-electron chi connectivity index (χ0n) is 9.76. The van der Waals surface area contributed by atoms with Gasteiger partial charge in [-0.05, 0) is 28.1 Å². The van der Waals surface area contributed by atoms with Gasteiger partial charge < -0.3 is 9.73 Å². The molecule has 1 aliphatic rings. The molecule has 0 unspecified atom stereocenters. The first-order valence-electron chi connectivity index (χ1n) is 5.65. The van der Waals surface area contributed by atoms with Crippen molar-refractivity contribution in [2.24, 2.45) is 4.99 Å². The van der Waals surface area contributed by atoms with Crippen molar-refractivity contribution in [1.82, 2.24) is 5.32 Å². The molecule has 1 N–H and O–H groups in total. The van der Waals surface area contributed by atoms with E-state index in [9.17, 15) is 4.79 Å². The normalized spacial score (nSPS) is 16.6. The standard InChI is InChI=1S/C14H9BrN2O2/c15-12-7-6-10(19-12)8-11-14(18)17-13(16-11)9-4-2-1-3-5-9/h1-8H,(H,16,17,18)/b11-8-. The second-order valence-corrected chi connectivity index (χ2v) is 4.73. The van der Waals surface area contributed by atoms with Gasteiger partial charge in [-0.25, -0.2) is 4.99 Å². The van der Waals surface area contributed by atoms with Crippen LogP contribution < -0.4 is 5.32 Å². The Labute approximate surface area is 118 Å². The topological polar surface area (TPSA) is 54.6 Å². The molecular formula is C14H9BrN2O2. The van der Waals surface area contributed by atoms with Crippen LogP contribution in [0.3, 0.4) is 0 Å². The third kappa shape index (κ3) is 2.51. The van der Waals surface area contributed by atoms with E-state index in [0.717, 1.165) is 5.56 Å². The molecule has 0 radical (unpaired) electrons. The van der Waals surface area contributed by atoms with E-state index in [1.165, 1.54) is 0 Å². The van der Waals surface area contributed by atoms with Crippen LogP contribution in [0.1, 0.15) is 11.3 Å². The van der Waals surface area contributed by atoms with Gasteiger partial charge in [0.15, 0.2) is 4.67 Å². The Bertz CT molecular complexity index is 686. The number of hydrogen-bond donors (Lipinski definition) is 1. The highest BCUT2D eigenvalue weighted by molar-refractivity contribution is 9.10. The van der Waals surface area contributed by atoms with E-state index in [2.05, 4.69) is 26.2 Å². The lowest BCUT2D eigenvalue weighted by Crippen LogP contribution is -2.24. The molecule has 0 atom stereocenters. The van der Waals surface area contributed by atoms with Gasteiger partial charge in [-0.3, -0.25) is 4.79 Å². The van der Waals surface area contributed by atoms with Gasteiger partial charge in [-0.15, -0.1) is 0 Å². The van der Waals surface area contributed by atoms with Crippen molar-refractivity contribution in [3.05, 3.63) is 64.2 Å². The van der Waals surface area contributed by atoms with Crippen LogP contribution in [0.5, 0.6) is 0 Å². The van der Waals surface area contributed by atoms with E-state index in [0.29, 0.717) is 22.0 Å². The van der Waals surface area contributed by atoms with Crippen molar-refractivity contribution >= 4 is 33.7 Å². The number of hydrogen-bond acceptors (Lipinski definition) is 3. The fourth-order valence-electron chi connectivity index (χ4n) is 1.74. The molecule has 19 heavy (non-hydrogen) atoms. The quantitative estimate of drug-likeness (QED) is 0.866. The molecule has 94 valence electrons. The summed E-state index contributed by atoms with van der Waals surface area (Å²) in [6.07, 6.45) is 1.61. The number of rotatable bonds is 2. The Hall–Kier alpha value is -2.14. The molecule has 0 spiro atoms. The summed E-state index contributed by atoms with van der Waals surface area (Å²) >= 11 is 3.21. The molecule has 0 saturated carbocycles. The van der Waals surface area contributed by atoms with Gasteiger partial charge in [0.2, 0.25) is 0 Å². The molecule has 1 aliphatic heterocycles. The smallest absolute Gasteiger partial charge is 0.275 e. The summed E-state index contributed by atoms with van der Waals surface area (Å²) in [7, 11) is 0. The van der Waals surface area contributed by atoms with Gasteiger partial charge in [0, 0.05) is 11.6 Å². The molecule has 0 aliphatic carbocycles. The van der Waals surface area contributed by atoms with Crippen LogP contribution in [-0.2, 0) is 4.79 Å². The Morgan fingerprint density at radius 1 is 1.16 bits per heavy atom. The van der Waals surface area contributed by atoms with E-state index in [1.807, 2.05) is 30.3 Å². The number of carbonyl (C=O) groups is 1. The number of furan rings is 1. The molecule has 0 fully saturated rings. The lowest BCUT2D eigenvalue weighted by Gasteiger charge is -1.98. The summed E-state index contributed by atoms with van der Waals surface area (Å²) in [5.74, 6) is 0.906. The maximum atomic E-state index is 11.8. The number of benzene rings is 1. The highest BCUT2D eigenvalue weighted by Gasteiger charge is 2.21.